The smallest absolute Gasteiger partial charge is 0.206 e. The molecule has 0 atom stereocenters. The largest absolute Gasteiger partial charge is 0.508 e. The summed E-state index contributed by atoms with van der Waals surface area (Å²) >= 11 is 0. The molecular formula is C36H30O4PS+. The van der Waals surface area contributed by atoms with E-state index in [2.05, 4.69) is 121 Å². The van der Waals surface area contributed by atoms with Crippen molar-refractivity contribution in [3.05, 3.63) is 170 Å². The van der Waals surface area contributed by atoms with Crippen molar-refractivity contribution in [2.75, 3.05) is 0 Å². The zero-order valence-electron chi connectivity index (χ0n) is 22.7. The van der Waals surface area contributed by atoms with E-state index in [9.17, 15) is 8.42 Å². The second-order valence-corrected chi connectivity index (χ2v) is 14.9. The molecule has 42 heavy (non-hydrogen) atoms. The lowest BCUT2D eigenvalue weighted by molar-refractivity contribution is 0.474. The minimum atomic E-state index is -3.59. The molecule has 6 heteroatoms. The van der Waals surface area contributed by atoms with E-state index in [0.717, 1.165) is 0 Å². The van der Waals surface area contributed by atoms with Crippen LogP contribution in [0.15, 0.2) is 180 Å². The first kappa shape index (κ1) is 28.8. The van der Waals surface area contributed by atoms with Gasteiger partial charge in [-0.3, -0.25) is 0 Å². The molecule has 0 fully saturated rings. The summed E-state index contributed by atoms with van der Waals surface area (Å²) < 4.78 is 24.2. The molecule has 0 heterocycles. The second kappa shape index (κ2) is 12.9. The van der Waals surface area contributed by atoms with Gasteiger partial charge in [-0.2, -0.15) is 0 Å². The summed E-state index contributed by atoms with van der Waals surface area (Å²) in [5, 5.41) is 23.8. The summed E-state index contributed by atoms with van der Waals surface area (Å²) in [7, 11) is -5.50. The Kier molecular flexibility index (Phi) is 8.83. The normalized spacial score (nSPS) is 11.2. The third-order valence-corrected chi connectivity index (χ3v) is 12.9. The summed E-state index contributed by atoms with van der Waals surface area (Å²) in [6.45, 7) is 0. The first-order valence-electron chi connectivity index (χ1n) is 13.4. The Bertz CT molecular complexity index is 1600. The average molecular weight is 590 g/mol. The van der Waals surface area contributed by atoms with Crippen LogP contribution in [0.3, 0.4) is 0 Å². The maximum absolute atomic E-state index is 12.1. The third kappa shape index (κ3) is 5.99. The van der Waals surface area contributed by atoms with Crippen LogP contribution in [0.25, 0.3) is 0 Å². The summed E-state index contributed by atoms with van der Waals surface area (Å²) in [5.74, 6) is 0.0179. The van der Waals surface area contributed by atoms with Gasteiger partial charge in [0, 0.05) is 0 Å². The van der Waals surface area contributed by atoms with Crippen molar-refractivity contribution in [3.8, 4) is 11.5 Å². The van der Waals surface area contributed by atoms with Crippen LogP contribution in [0.2, 0.25) is 0 Å². The van der Waals surface area contributed by atoms with Crippen LogP contribution in [0.5, 0.6) is 11.5 Å². The molecule has 6 aromatic carbocycles. The molecule has 0 saturated heterocycles. The Morgan fingerprint density at radius 3 is 0.833 bits per heavy atom. The maximum atomic E-state index is 12.1. The van der Waals surface area contributed by atoms with Gasteiger partial charge in [-0.05, 0) is 97.1 Å². The van der Waals surface area contributed by atoms with Crippen LogP contribution in [-0.2, 0) is 9.84 Å². The Morgan fingerprint density at radius 1 is 0.357 bits per heavy atom. The first-order valence-corrected chi connectivity index (χ1v) is 16.6. The highest BCUT2D eigenvalue weighted by atomic mass is 32.2. The van der Waals surface area contributed by atoms with Crippen molar-refractivity contribution in [2.45, 2.75) is 9.79 Å². The molecule has 6 rings (SSSR count). The molecule has 2 N–H and O–H groups in total. The minimum absolute atomic E-state index is 0.00894. The number of aromatic hydroxyl groups is 2. The number of benzene rings is 6. The molecule has 0 aromatic heterocycles. The van der Waals surface area contributed by atoms with E-state index in [1.807, 2.05) is 0 Å². The zero-order chi connectivity index (χ0) is 29.4. The van der Waals surface area contributed by atoms with Gasteiger partial charge in [0.1, 0.15) is 40.0 Å². The van der Waals surface area contributed by atoms with E-state index in [0.29, 0.717) is 0 Å². The standard InChI is InChI=1S/C24H20P.C12H10O4S/c1-5-13-21(14-6-1)25(22-15-7-2-8-16-22,23-17-9-3-10-18-23)24-19-11-4-12-20-24;13-9-1-5-11(6-2-9)17(15,16)12-7-3-10(14)4-8-12/h1-20H;1-8,13-14H/q+1;. The quantitative estimate of drug-likeness (QED) is 0.226. The molecule has 0 unspecified atom stereocenters. The van der Waals surface area contributed by atoms with Crippen LogP contribution in [0, 0.1) is 0 Å². The van der Waals surface area contributed by atoms with E-state index >= 15 is 0 Å². The van der Waals surface area contributed by atoms with Gasteiger partial charge in [-0.25, -0.2) is 8.42 Å². The molecule has 4 nitrogen and oxygen atoms in total. The fourth-order valence-corrected chi connectivity index (χ4v) is 10.4. The average Bonchev–Trinajstić information content (AvgIpc) is 3.04. The zero-order valence-corrected chi connectivity index (χ0v) is 24.4. The highest BCUT2D eigenvalue weighted by Crippen LogP contribution is 2.54. The molecule has 208 valence electrons. The molecule has 0 aliphatic carbocycles. The predicted molar refractivity (Wildman–Crippen MR) is 173 cm³/mol. The number of hydrogen-bond acceptors (Lipinski definition) is 4. The summed E-state index contributed by atoms with van der Waals surface area (Å²) in [4.78, 5) is 0.196. The fraction of sp³-hybridized carbons (Fsp3) is 0. The van der Waals surface area contributed by atoms with Crippen molar-refractivity contribution in [3.63, 3.8) is 0 Å². The van der Waals surface area contributed by atoms with Gasteiger partial charge in [0.25, 0.3) is 0 Å². The topological polar surface area (TPSA) is 74.6 Å². The van der Waals surface area contributed by atoms with Crippen molar-refractivity contribution in [1.82, 2.24) is 0 Å². The van der Waals surface area contributed by atoms with Crippen molar-refractivity contribution in [1.29, 1.82) is 0 Å². The molecule has 6 aromatic rings. The number of phenols is 2. The monoisotopic (exact) mass is 589 g/mol. The molecular weight excluding hydrogens is 559 g/mol. The number of hydrogen-bond donors (Lipinski definition) is 2. The number of sulfone groups is 1. The van der Waals surface area contributed by atoms with Gasteiger partial charge in [-0.15, -0.1) is 0 Å². The highest BCUT2D eigenvalue weighted by Gasteiger charge is 2.47. The van der Waals surface area contributed by atoms with Crippen LogP contribution in [0.4, 0.5) is 0 Å². The minimum Gasteiger partial charge on any atom is -0.508 e. The van der Waals surface area contributed by atoms with E-state index in [1.165, 1.54) is 69.7 Å². The molecule has 0 aliphatic heterocycles. The van der Waals surface area contributed by atoms with E-state index in [1.54, 1.807) is 0 Å². The molecule has 0 bridgehead atoms. The fourth-order valence-electron chi connectivity index (χ4n) is 4.89. The molecule has 0 amide bonds. The van der Waals surface area contributed by atoms with Crippen LogP contribution in [-0.4, -0.2) is 18.6 Å². The van der Waals surface area contributed by atoms with Crippen LogP contribution < -0.4 is 21.2 Å². The summed E-state index contributed by atoms with van der Waals surface area (Å²) in [5.41, 5.74) is 0. The van der Waals surface area contributed by atoms with Crippen LogP contribution >= 0.6 is 7.26 Å². The highest BCUT2D eigenvalue weighted by molar-refractivity contribution is 8.01. The van der Waals surface area contributed by atoms with Gasteiger partial charge in [-0.1, -0.05) is 72.8 Å². The number of rotatable bonds is 6. The van der Waals surface area contributed by atoms with Crippen molar-refractivity contribution < 1.29 is 18.6 Å². The van der Waals surface area contributed by atoms with Crippen molar-refractivity contribution in [2.24, 2.45) is 0 Å². The second-order valence-electron chi connectivity index (χ2n) is 9.50. The third-order valence-electron chi connectivity index (χ3n) is 6.87. The Balaban J connectivity index is 0.000000181. The van der Waals surface area contributed by atoms with Gasteiger partial charge in [0.05, 0.1) is 9.79 Å². The Morgan fingerprint density at radius 2 is 0.595 bits per heavy atom. The van der Waals surface area contributed by atoms with Gasteiger partial charge in [0.15, 0.2) is 0 Å². The SMILES string of the molecule is O=S(=O)(c1ccc(O)cc1)c1ccc(O)cc1.c1ccc([P+](c2ccccc2)(c2ccccc2)c2ccccc2)cc1. The Labute approximate surface area is 247 Å². The lowest BCUT2D eigenvalue weighted by Crippen LogP contribution is -2.38. The van der Waals surface area contributed by atoms with E-state index < -0.39 is 17.1 Å². The maximum Gasteiger partial charge on any atom is 0.206 e. The van der Waals surface area contributed by atoms with Gasteiger partial charge in [0.2, 0.25) is 9.84 Å². The lowest BCUT2D eigenvalue weighted by atomic mass is 10.3. The van der Waals surface area contributed by atoms with Gasteiger partial charge >= 0.3 is 0 Å². The molecule has 0 radical (unpaired) electrons. The first-order chi connectivity index (χ1) is 20.4. The predicted octanol–water partition coefficient (Wildman–Crippen LogP) is 6.24. The van der Waals surface area contributed by atoms with Crippen molar-refractivity contribution >= 4 is 38.3 Å². The summed E-state index contributed by atoms with van der Waals surface area (Å²) in [6.07, 6.45) is 0. The Hall–Kier alpha value is -4.70. The summed E-state index contributed by atoms with van der Waals surface area (Å²) in [6, 6.07) is 54.4. The molecule has 0 aliphatic rings. The number of phenolic OH excluding ortho intramolecular Hbond substituents is 2. The lowest BCUT2D eigenvalue weighted by Gasteiger charge is -2.27. The van der Waals surface area contributed by atoms with Gasteiger partial charge < -0.3 is 10.2 Å². The van der Waals surface area contributed by atoms with Crippen LogP contribution in [0.1, 0.15) is 0 Å². The van der Waals surface area contributed by atoms with E-state index in [-0.39, 0.29) is 21.3 Å². The molecule has 0 spiro atoms. The van der Waals surface area contributed by atoms with E-state index in [4.69, 9.17) is 10.2 Å². The molecule has 0 saturated carbocycles.